The second-order valence-corrected chi connectivity index (χ2v) is 6.27. The van der Waals surface area contributed by atoms with E-state index in [-0.39, 0.29) is 29.9 Å². The van der Waals surface area contributed by atoms with Crippen LogP contribution in [-0.4, -0.2) is 62.2 Å². The Morgan fingerprint density at radius 1 is 1.32 bits per heavy atom. The van der Waals surface area contributed by atoms with E-state index in [1.54, 1.807) is 7.05 Å². The van der Waals surface area contributed by atoms with E-state index in [0.717, 1.165) is 18.9 Å². The van der Waals surface area contributed by atoms with Gasteiger partial charge in [0, 0.05) is 33.7 Å². The van der Waals surface area contributed by atoms with E-state index in [4.69, 9.17) is 0 Å². The molecule has 0 bridgehead atoms. The molecule has 1 heterocycles. The molecule has 142 valence electrons. The molecule has 1 aromatic rings. The van der Waals surface area contributed by atoms with Crippen molar-refractivity contribution < 1.29 is 13.2 Å². The van der Waals surface area contributed by atoms with Gasteiger partial charge in [-0.1, -0.05) is 30.3 Å². The summed E-state index contributed by atoms with van der Waals surface area (Å²) in [6.45, 7) is 1.54. The van der Waals surface area contributed by atoms with Crippen molar-refractivity contribution in [2.75, 3.05) is 40.3 Å². The average molecular weight is 470 g/mol. The van der Waals surface area contributed by atoms with Crippen LogP contribution < -0.4 is 5.32 Å². The standard InChI is InChI=1S/C17H25F3N4.HI/c1-21-16(23(2)11-14-6-4-3-5-7-14)22-10-15-8-9-24(12-15)13-17(18,19)20;/h3-7,15H,8-13H2,1-2H3,(H,21,22);1H. The van der Waals surface area contributed by atoms with Gasteiger partial charge in [0.05, 0.1) is 6.54 Å². The molecule has 1 saturated heterocycles. The molecule has 0 aliphatic carbocycles. The summed E-state index contributed by atoms with van der Waals surface area (Å²) in [7, 11) is 3.67. The smallest absolute Gasteiger partial charge is 0.356 e. The van der Waals surface area contributed by atoms with Gasteiger partial charge >= 0.3 is 6.18 Å². The van der Waals surface area contributed by atoms with Gasteiger partial charge in [-0.2, -0.15) is 13.2 Å². The quantitative estimate of drug-likeness (QED) is 0.408. The highest BCUT2D eigenvalue weighted by Crippen LogP contribution is 2.22. The topological polar surface area (TPSA) is 30.9 Å². The fourth-order valence-electron chi connectivity index (χ4n) is 3.03. The number of alkyl halides is 3. The van der Waals surface area contributed by atoms with Gasteiger partial charge in [-0.3, -0.25) is 9.89 Å². The first kappa shape index (κ1) is 22.0. The van der Waals surface area contributed by atoms with Crippen LogP contribution in [0.4, 0.5) is 13.2 Å². The zero-order valence-electron chi connectivity index (χ0n) is 14.6. The molecule has 0 radical (unpaired) electrons. The summed E-state index contributed by atoms with van der Waals surface area (Å²) in [5, 5.41) is 3.28. The third-order valence-corrected chi connectivity index (χ3v) is 4.16. The number of likely N-dealkylation sites (tertiary alicyclic amines) is 1. The van der Waals surface area contributed by atoms with Gasteiger partial charge in [0.2, 0.25) is 0 Å². The maximum Gasteiger partial charge on any atom is 0.401 e. The summed E-state index contributed by atoms with van der Waals surface area (Å²) in [6, 6.07) is 10.1. The first-order valence-electron chi connectivity index (χ1n) is 8.12. The van der Waals surface area contributed by atoms with Crippen molar-refractivity contribution in [3.05, 3.63) is 35.9 Å². The highest BCUT2D eigenvalue weighted by Gasteiger charge is 2.34. The number of aliphatic imine (C=N–C) groups is 1. The van der Waals surface area contributed by atoms with Crippen LogP contribution >= 0.6 is 24.0 Å². The SMILES string of the molecule is CN=C(NCC1CCN(CC(F)(F)F)C1)N(C)Cc1ccccc1.I. The van der Waals surface area contributed by atoms with E-state index >= 15 is 0 Å². The van der Waals surface area contributed by atoms with Crippen LogP contribution in [0.3, 0.4) is 0 Å². The summed E-state index contributed by atoms with van der Waals surface area (Å²) in [6.07, 6.45) is -3.34. The summed E-state index contributed by atoms with van der Waals surface area (Å²) in [4.78, 5) is 7.75. The van der Waals surface area contributed by atoms with Crippen molar-refractivity contribution >= 4 is 29.9 Å². The molecule has 4 nitrogen and oxygen atoms in total. The summed E-state index contributed by atoms with van der Waals surface area (Å²) in [5.74, 6) is 0.974. The molecule has 1 aliphatic heterocycles. The average Bonchev–Trinajstić information content (AvgIpc) is 2.94. The number of guanidine groups is 1. The Labute approximate surface area is 164 Å². The lowest BCUT2D eigenvalue weighted by Crippen LogP contribution is -2.41. The van der Waals surface area contributed by atoms with Crippen molar-refractivity contribution in [3.8, 4) is 0 Å². The van der Waals surface area contributed by atoms with Crippen LogP contribution in [0.25, 0.3) is 0 Å². The van der Waals surface area contributed by atoms with Gasteiger partial charge in [-0.15, -0.1) is 24.0 Å². The van der Waals surface area contributed by atoms with Crippen LogP contribution in [0.5, 0.6) is 0 Å². The van der Waals surface area contributed by atoms with E-state index in [9.17, 15) is 13.2 Å². The first-order valence-corrected chi connectivity index (χ1v) is 8.12. The number of nitrogens with zero attached hydrogens (tertiary/aromatic N) is 3. The van der Waals surface area contributed by atoms with Gasteiger partial charge in [-0.05, 0) is 24.4 Å². The number of nitrogens with one attached hydrogen (secondary N) is 1. The minimum absolute atomic E-state index is 0. The van der Waals surface area contributed by atoms with E-state index in [2.05, 4.69) is 22.4 Å². The molecule has 0 aromatic heterocycles. The van der Waals surface area contributed by atoms with Crippen LogP contribution in [-0.2, 0) is 6.54 Å². The lowest BCUT2D eigenvalue weighted by Gasteiger charge is -2.24. The molecule has 1 N–H and O–H groups in total. The van der Waals surface area contributed by atoms with Gasteiger partial charge < -0.3 is 10.2 Å². The minimum Gasteiger partial charge on any atom is -0.356 e. The van der Waals surface area contributed by atoms with Crippen molar-refractivity contribution in [1.29, 1.82) is 0 Å². The Kier molecular flexibility index (Phi) is 8.98. The van der Waals surface area contributed by atoms with Gasteiger partial charge in [0.15, 0.2) is 5.96 Å². The van der Waals surface area contributed by atoms with Crippen LogP contribution in [0.2, 0.25) is 0 Å². The first-order chi connectivity index (χ1) is 11.4. The third-order valence-electron chi connectivity index (χ3n) is 4.16. The van der Waals surface area contributed by atoms with Crippen LogP contribution in [0.15, 0.2) is 35.3 Å². The summed E-state index contributed by atoms with van der Waals surface area (Å²) < 4.78 is 37.3. The molecule has 2 rings (SSSR count). The molecule has 1 unspecified atom stereocenters. The molecule has 1 atom stereocenters. The highest BCUT2D eigenvalue weighted by atomic mass is 127. The lowest BCUT2D eigenvalue weighted by atomic mass is 10.1. The Hall–Kier alpha value is -1.03. The number of hydrogen-bond acceptors (Lipinski definition) is 2. The van der Waals surface area contributed by atoms with Crippen molar-refractivity contribution in [2.24, 2.45) is 10.9 Å². The van der Waals surface area contributed by atoms with Crippen LogP contribution in [0, 0.1) is 5.92 Å². The fourth-order valence-corrected chi connectivity index (χ4v) is 3.03. The Bertz CT molecular complexity index is 536. The molecular formula is C17H26F3IN4. The predicted molar refractivity (Wildman–Crippen MR) is 105 cm³/mol. The summed E-state index contributed by atoms with van der Waals surface area (Å²) in [5.41, 5.74) is 1.18. The molecule has 25 heavy (non-hydrogen) atoms. The maximum atomic E-state index is 12.4. The molecule has 8 heteroatoms. The van der Waals surface area contributed by atoms with Gasteiger partial charge in [0.1, 0.15) is 0 Å². The molecule has 0 spiro atoms. The molecule has 1 aromatic carbocycles. The largest absolute Gasteiger partial charge is 0.401 e. The minimum atomic E-state index is -4.12. The van der Waals surface area contributed by atoms with Crippen molar-refractivity contribution in [3.63, 3.8) is 0 Å². The monoisotopic (exact) mass is 470 g/mol. The second kappa shape index (κ2) is 10.2. The Morgan fingerprint density at radius 3 is 2.60 bits per heavy atom. The number of halogens is 4. The molecular weight excluding hydrogens is 444 g/mol. The predicted octanol–water partition coefficient (Wildman–Crippen LogP) is 3.20. The van der Waals surface area contributed by atoms with Crippen LogP contribution in [0.1, 0.15) is 12.0 Å². The zero-order valence-corrected chi connectivity index (χ0v) is 16.9. The van der Waals surface area contributed by atoms with Crippen molar-refractivity contribution in [2.45, 2.75) is 19.1 Å². The normalized spacial score (nSPS) is 18.8. The fraction of sp³-hybridized carbons (Fsp3) is 0.588. The molecule has 1 fully saturated rings. The van der Waals surface area contributed by atoms with Crippen molar-refractivity contribution in [1.82, 2.24) is 15.1 Å². The van der Waals surface area contributed by atoms with Gasteiger partial charge in [-0.25, -0.2) is 0 Å². The Balaban J connectivity index is 0.00000312. The zero-order chi connectivity index (χ0) is 17.6. The third kappa shape index (κ3) is 7.81. The van der Waals surface area contributed by atoms with E-state index < -0.39 is 12.7 Å². The molecule has 0 amide bonds. The van der Waals surface area contributed by atoms with E-state index in [1.165, 1.54) is 10.5 Å². The number of hydrogen-bond donors (Lipinski definition) is 1. The van der Waals surface area contributed by atoms with Gasteiger partial charge in [0.25, 0.3) is 0 Å². The second-order valence-electron chi connectivity index (χ2n) is 6.27. The maximum absolute atomic E-state index is 12.4. The molecule has 1 aliphatic rings. The lowest BCUT2D eigenvalue weighted by molar-refractivity contribution is -0.143. The molecule has 0 saturated carbocycles. The number of rotatable bonds is 5. The Morgan fingerprint density at radius 2 is 2.00 bits per heavy atom. The van der Waals surface area contributed by atoms with E-state index in [1.807, 2.05) is 30.1 Å². The van der Waals surface area contributed by atoms with E-state index in [0.29, 0.717) is 19.6 Å². The highest BCUT2D eigenvalue weighted by molar-refractivity contribution is 14.0. The summed E-state index contributed by atoms with van der Waals surface area (Å²) >= 11 is 0. The number of benzene rings is 1.